The number of nitrogens with one attached hydrogen (secondary N) is 1. The summed E-state index contributed by atoms with van der Waals surface area (Å²) in [4.78, 5) is 29.4. The molecule has 2 heterocycles. The van der Waals surface area contributed by atoms with Crippen LogP contribution in [-0.2, 0) is 6.54 Å². The fraction of sp³-hybridized carbons (Fsp3) is 0.167. The second-order valence-corrected chi connectivity index (χ2v) is 7.46. The quantitative estimate of drug-likeness (QED) is 0.696. The van der Waals surface area contributed by atoms with E-state index in [-0.39, 0.29) is 11.1 Å². The zero-order valence-electron chi connectivity index (χ0n) is 13.9. The minimum atomic E-state index is -0.436. The maximum Gasteiger partial charge on any atom is 0.263 e. The zero-order valence-corrected chi connectivity index (χ0v) is 15.5. The van der Waals surface area contributed by atoms with E-state index in [1.54, 1.807) is 24.0 Å². The normalized spacial score (nSPS) is 10.6. The summed E-state index contributed by atoms with van der Waals surface area (Å²) in [5.41, 5.74) is 1.67. The number of hydrogen-bond acceptors (Lipinski definition) is 5. The number of thioether (sulfide) groups is 1. The molecule has 0 unspecified atom stereocenters. The lowest BCUT2D eigenvalue weighted by molar-refractivity contribution is 0.102. The summed E-state index contributed by atoms with van der Waals surface area (Å²) >= 11 is 2.99. The zero-order chi connectivity index (χ0) is 17.8. The molecule has 3 rings (SSSR count). The monoisotopic (exact) mass is 371 g/mol. The highest BCUT2D eigenvalue weighted by molar-refractivity contribution is 8.00. The van der Waals surface area contributed by atoms with Gasteiger partial charge in [-0.15, -0.1) is 11.8 Å². The number of nitrogens with zero attached hydrogens (tertiary/aromatic N) is 2. The lowest BCUT2D eigenvalue weighted by Gasteiger charge is -2.08. The van der Waals surface area contributed by atoms with Crippen LogP contribution in [0, 0.1) is 6.92 Å². The van der Waals surface area contributed by atoms with Crippen LogP contribution in [0.25, 0.3) is 0 Å². The summed E-state index contributed by atoms with van der Waals surface area (Å²) in [5, 5.41) is 3.23. The van der Waals surface area contributed by atoms with Gasteiger partial charge in [0.15, 0.2) is 5.13 Å². The van der Waals surface area contributed by atoms with Gasteiger partial charge in [-0.3, -0.25) is 14.9 Å². The van der Waals surface area contributed by atoms with Crippen molar-refractivity contribution < 1.29 is 4.79 Å². The second-order valence-electron chi connectivity index (χ2n) is 5.39. The van der Waals surface area contributed by atoms with E-state index >= 15 is 0 Å². The van der Waals surface area contributed by atoms with Gasteiger partial charge in [-0.05, 0) is 30.9 Å². The van der Waals surface area contributed by atoms with E-state index in [0.717, 1.165) is 15.5 Å². The Hall–Kier alpha value is -2.38. The van der Waals surface area contributed by atoms with Crippen LogP contribution >= 0.6 is 23.1 Å². The number of hydrogen-bond donors (Lipinski definition) is 1. The predicted octanol–water partition coefficient (Wildman–Crippen LogP) is 3.64. The molecule has 1 N–H and O–H groups in total. The average molecular weight is 371 g/mol. The van der Waals surface area contributed by atoms with Crippen LogP contribution in [0.2, 0.25) is 0 Å². The van der Waals surface area contributed by atoms with E-state index in [4.69, 9.17) is 0 Å². The minimum Gasteiger partial charge on any atom is -0.310 e. The van der Waals surface area contributed by atoms with Crippen molar-refractivity contribution in [3.05, 3.63) is 75.8 Å². The van der Waals surface area contributed by atoms with Crippen molar-refractivity contribution in [3.8, 4) is 0 Å². The molecule has 3 aromatic rings. The van der Waals surface area contributed by atoms with Gasteiger partial charge in [0.25, 0.3) is 11.5 Å². The molecule has 0 aliphatic rings. The van der Waals surface area contributed by atoms with Gasteiger partial charge in [0.1, 0.15) is 5.56 Å². The first-order chi connectivity index (χ1) is 12.1. The Kier molecular flexibility index (Phi) is 5.35. The van der Waals surface area contributed by atoms with Crippen LogP contribution < -0.4 is 10.9 Å². The number of aryl methyl sites for hydroxylation is 1. The molecule has 0 radical (unpaired) electrons. The third kappa shape index (κ3) is 4.00. The Morgan fingerprint density at radius 3 is 2.68 bits per heavy atom. The molecule has 0 aliphatic heterocycles. The molecule has 0 fully saturated rings. The van der Waals surface area contributed by atoms with Gasteiger partial charge in [-0.25, -0.2) is 4.98 Å². The van der Waals surface area contributed by atoms with Gasteiger partial charge in [-0.2, -0.15) is 0 Å². The number of rotatable bonds is 5. The topological polar surface area (TPSA) is 64.0 Å². The van der Waals surface area contributed by atoms with Crippen molar-refractivity contribution in [3.63, 3.8) is 0 Å². The summed E-state index contributed by atoms with van der Waals surface area (Å²) in [5.74, 6) is -0.436. The van der Waals surface area contributed by atoms with E-state index in [9.17, 15) is 9.59 Å². The number of carbonyl (C=O) groups is 1. The number of pyridine rings is 1. The van der Waals surface area contributed by atoms with Crippen molar-refractivity contribution in [2.24, 2.45) is 0 Å². The molecule has 7 heteroatoms. The average Bonchev–Trinajstić information content (AvgIpc) is 2.97. The molecule has 0 aliphatic carbocycles. The fourth-order valence-corrected chi connectivity index (χ4v) is 4.01. The minimum absolute atomic E-state index is 0.108. The number of carbonyl (C=O) groups excluding carboxylic acids is 1. The maximum atomic E-state index is 12.6. The van der Waals surface area contributed by atoms with Gasteiger partial charge in [0, 0.05) is 6.20 Å². The molecular formula is C18H17N3O2S2. The van der Waals surface area contributed by atoms with Crippen LogP contribution in [0.15, 0.2) is 57.7 Å². The highest BCUT2D eigenvalue weighted by Crippen LogP contribution is 2.30. The standard InChI is InChI=1S/C18H17N3O2S2/c1-12-17(24-2)25-18(19-12)20-15(22)14-9-6-10-21(16(14)23)11-13-7-4-3-5-8-13/h3-10H,11H2,1-2H3,(H,19,20,22). The first-order valence-corrected chi connectivity index (χ1v) is 9.68. The van der Waals surface area contributed by atoms with Gasteiger partial charge < -0.3 is 4.57 Å². The Labute approximate surface area is 153 Å². The number of thiazole rings is 1. The van der Waals surface area contributed by atoms with Gasteiger partial charge in [0.05, 0.1) is 16.4 Å². The van der Waals surface area contributed by atoms with E-state index in [1.165, 1.54) is 22.0 Å². The lowest BCUT2D eigenvalue weighted by Crippen LogP contribution is -2.29. The van der Waals surface area contributed by atoms with Crippen molar-refractivity contribution in [2.45, 2.75) is 17.7 Å². The number of aromatic nitrogens is 2. The molecule has 5 nitrogen and oxygen atoms in total. The van der Waals surface area contributed by atoms with Crippen molar-refractivity contribution >= 4 is 34.1 Å². The highest BCUT2D eigenvalue weighted by atomic mass is 32.2. The molecule has 0 atom stereocenters. The largest absolute Gasteiger partial charge is 0.310 e. The number of amides is 1. The Morgan fingerprint density at radius 1 is 1.24 bits per heavy atom. The van der Waals surface area contributed by atoms with Crippen LogP contribution in [0.5, 0.6) is 0 Å². The van der Waals surface area contributed by atoms with Crippen molar-refractivity contribution in [2.75, 3.05) is 11.6 Å². The van der Waals surface area contributed by atoms with E-state index in [1.807, 2.05) is 43.5 Å². The van der Waals surface area contributed by atoms with Crippen LogP contribution in [0.4, 0.5) is 5.13 Å². The molecule has 0 bridgehead atoms. The fourth-order valence-electron chi connectivity index (χ4n) is 2.40. The second kappa shape index (κ2) is 7.67. The molecule has 25 heavy (non-hydrogen) atoms. The molecular weight excluding hydrogens is 354 g/mol. The summed E-state index contributed by atoms with van der Waals surface area (Å²) in [6, 6.07) is 12.9. The molecule has 1 aromatic carbocycles. The Bertz CT molecular complexity index is 948. The number of benzene rings is 1. The van der Waals surface area contributed by atoms with Gasteiger partial charge in [0.2, 0.25) is 0 Å². The maximum absolute atomic E-state index is 12.6. The van der Waals surface area contributed by atoms with Crippen LogP contribution in [-0.4, -0.2) is 21.7 Å². The molecule has 1 amide bonds. The first kappa shape index (κ1) is 17.4. The van der Waals surface area contributed by atoms with E-state index < -0.39 is 5.91 Å². The molecule has 0 saturated heterocycles. The smallest absolute Gasteiger partial charge is 0.263 e. The highest BCUT2D eigenvalue weighted by Gasteiger charge is 2.15. The molecule has 2 aromatic heterocycles. The summed E-state index contributed by atoms with van der Waals surface area (Å²) in [7, 11) is 0. The summed E-state index contributed by atoms with van der Waals surface area (Å²) in [6.45, 7) is 2.32. The summed E-state index contributed by atoms with van der Waals surface area (Å²) < 4.78 is 2.58. The van der Waals surface area contributed by atoms with E-state index in [0.29, 0.717) is 11.7 Å². The van der Waals surface area contributed by atoms with E-state index in [2.05, 4.69) is 10.3 Å². The van der Waals surface area contributed by atoms with Gasteiger partial charge >= 0.3 is 0 Å². The SMILES string of the molecule is CSc1sc(NC(=O)c2cccn(Cc3ccccc3)c2=O)nc1C. The first-order valence-electron chi connectivity index (χ1n) is 7.64. The summed E-state index contributed by atoms with van der Waals surface area (Å²) in [6.07, 6.45) is 3.65. The third-order valence-corrected chi connectivity index (χ3v) is 5.90. The Morgan fingerprint density at radius 2 is 2.00 bits per heavy atom. The Balaban J connectivity index is 1.83. The van der Waals surface area contributed by atoms with Crippen LogP contribution in [0.3, 0.4) is 0 Å². The molecule has 0 spiro atoms. The van der Waals surface area contributed by atoms with Crippen LogP contribution in [0.1, 0.15) is 21.6 Å². The predicted molar refractivity (Wildman–Crippen MR) is 103 cm³/mol. The third-order valence-electron chi connectivity index (χ3n) is 3.62. The lowest BCUT2D eigenvalue weighted by atomic mass is 10.2. The van der Waals surface area contributed by atoms with Gasteiger partial charge in [-0.1, -0.05) is 41.7 Å². The van der Waals surface area contributed by atoms with Crippen molar-refractivity contribution in [1.29, 1.82) is 0 Å². The number of anilines is 1. The molecule has 0 saturated carbocycles. The van der Waals surface area contributed by atoms with Crippen molar-refractivity contribution in [1.82, 2.24) is 9.55 Å². The molecule has 128 valence electrons.